The van der Waals surface area contributed by atoms with Gasteiger partial charge in [-0.1, -0.05) is 36.0 Å². The highest BCUT2D eigenvalue weighted by Gasteiger charge is 2.38. The highest BCUT2D eigenvalue weighted by atomic mass is 35.5. The SMILES string of the molecule is O=C(Nc1cc(Cl)ccc1Cl)[C@@H]1CCCN1CC(=O)N1CCC[C@@H]2CCCC[C@@H]21. The molecule has 1 aromatic rings. The molecule has 2 amide bonds. The van der Waals surface area contributed by atoms with Crippen LogP contribution in [0.5, 0.6) is 0 Å². The van der Waals surface area contributed by atoms with E-state index in [4.69, 9.17) is 23.2 Å². The largest absolute Gasteiger partial charge is 0.338 e. The fourth-order valence-electron chi connectivity index (χ4n) is 5.32. The number of amides is 2. The maximum Gasteiger partial charge on any atom is 0.241 e. The predicted octanol–water partition coefficient (Wildman–Crippen LogP) is 4.58. The summed E-state index contributed by atoms with van der Waals surface area (Å²) in [5.41, 5.74) is 0.517. The van der Waals surface area contributed by atoms with E-state index in [2.05, 4.69) is 10.2 Å². The first-order chi connectivity index (χ1) is 14.0. The molecule has 0 spiro atoms. The first-order valence-corrected chi connectivity index (χ1v) is 11.6. The predicted molar refractivity (Wildman–Crippen MR) is 116 cm³/mol. The average molecular weight is 438 g/mol. The fourth-order valence-corrected chi connectivity index (χ4v) is 5.66. The summed E-state index contributed by atoms with van der Waals surface area (Å²) in [4.78, 5) is 30.2. The van der Waals surface area contributed by atoms with Crippen molar-refractivity contribution in [2.24, 2.45) is 5.92 Å². The van der Waals surface area contributed by atoms with Gasteiger partial charge >= 0.3 is 0 Å². The Morgan fingerprint density at radius 3 is 2.62 bits per heavy atom. The molecule has 0 unspecified atom stereocenters. The van der Waals surface area contributed by atoms with Gasteiger partial charge in [-0.3, -0.25) is 14.5 Å². The molecule has 2 heterocycles. The first-order valence-electron chi connectivity index (χ1n) is 10.8. The van der Waals surface area contributed by atoms with Gasteiger partial charge in [0.2, 0.25) is 11.8 Å². The molecule has 5 nitrogen and oxygen atoms in total. The van der Waals surface area contributed by atoms with Crippen LogP contribution in [0.4, 0.5) is 5.69 Å². The number of halogens is 2. The number of hydrogen-bond donors (Lipinski definition) is 1. The lowest BCUT2D eigenvalue weighted by Crippen LogP contribution is -2.53. The zero-order chi connectivity index (χ0) is 20.4. The molecule has 0 bridgehead atoms. The molecular weight excluding hydrogens is 409 g/mol. The fraction of sp³-hybridized carbons (Fsp3) is 0.636. The lowest BCUT2D eigenvalue weighted by Gasteiger charge is -2.44. The van der Waals surface area contributed by atoms with E-state index in [1.807, 2.05) is 4.90 Å². The Balaban J connectivity index is 1.39. The number of carbonyl (C=O) groups is 2. The summed E-state index contributed by atoms with van der Waals surface area (Å²) >= 11 is 12.2. The number of likely N-dealkylation sites (tertiary alicyclic amines) is 2. The molecule has 1 N–H and O–H groups in total. The van der Waals surface area contributed by atoms with Gasteiger partial charge in [-0.2, -0.15) is 0 Å². The first kappa shape index (κ1) is 21.0. The Labute approximate surface area is 182 Å². The van der Waals surface area contributed by atoms with E-state index >= 15 is 0 Å². The van der Waals surface area contributed by atoms with Crippen LogP contribution < -0.4 is 5.32 Å². The van der Waals surface area contributed by atoms with Crippen LogP contribution in [0.2, 0.25) is 10.0 Å². The average Bonchev–Trinajstić information content (AvgIpc) is 3.18. The van der Waals surface area contributed by atoms with Gasteiger partial charge in [0.1, 0.15) is 0 Å². The van der Waals surface area contributed by atoms with Gasteiger partial charge < -0.3 is 10.2 Å². The Morgan fingerprint density at radius 1 is 1.00 bits per heavy atom. The molecule has 3 aliphatic rings. The third-order valence-corrected chi connectivity index (χ3v) is 7.32. The standard InChI is InChI=1S/C22H29Cl2N3O2/c23-16-9-10-17(24)18(13-16)25-22(29)20-8-4-11-26(20)14-21(28)27-12-3-6-15-5-1-2-7-19(15)27/h9-10,13,15,19-20H,1-8,11-12,14H2,(H,25,29)/t15-,19-,20-/m0/s1. The lowest BCUT2D eigenvalue weighted by molar-refractivity contribution is -0.139. The third-order valence-electron chi connectivity index (χ3n) is 6.75. The zero-order valence-electron chi connectivity index (χ0n) is 16.7. The Bertz CT molecular complexity index is 770. The van der Waals surface area contributed by atoms with E-state index in [0.717, 1.165) is 38.8 Å². The van der Waals surface area contributed by atoms with Gasteiger partial charge in [0.25, 0.3) is 0 Å². The highest BCUT2D eigenvalue weighted by Crippen LogP contribution is 2.35. The monoisotopic (exact) mass is 437 g/mol. The molecule has 7 heteroatoms. The molecule has 4 rings (SSSR count). The van der Waals surface area contributed by atoms with Crippen LogP contribution in [0, 0.1) is 5.92 Å². The topological polar surface area (TPSA) is 52.7 Å². The molecule has 2 saturated heterocycles. The number of anilines is 1. The van der Waals surface area contributed by atoms with E-state index in [1.54, 1.807) is 18.2 Å². The minimum Gasteiger partial charge on any atom is -0.338 e. The second kappa shape index (κ2) is 9.23. The molecule has 29 heavy (non-hydrogen) atoms. The van der Waals surface area contributed by atoms with Crippen LogP contribution in [0.25, 0.3) is 0 Å². The second-order valence-electron chi connectivity index (χ2n) is 8.58. The Kier molecular flexibility index (Phi) is 6.67. The van der Waals surface area contributed by atoms with Crippen molar-refractivity contribution in [3.8, 4) is 0 Å². The molecule has 1 aromatic carbocycles. The number of benzene rings is 1. The molecule has 3 atom stereocenters. The van der Waals surface area contributed by atoms with Crippen LogP contribution >= 0.6 is 23.2 Å². The molecule has 1 aliphatic carbocycles. The summed E-state index contributed by atoms with van der Waals surface area (Å²) in [7, 11) is 0. The Hall–Kier alpha value is -1.30. The van der Waals surface area contributed by atoms with Crippen molar-refractivity contribution in [3.05, 3.63) is 28.2 Å². The van der Waals surface area contributed by atoms with E-state index in [1.165, 1.54) is 25.7 Å². The van der Waals surface area contributed by atoms with Gasteiger partial charge in [-0.25, -0.2) is 0 Å². The van der Waals surface area contributed by atoms with Crippen LogP contribution in [0.15, 0.2) is 18.2 Å². The molecule has 2 aliphatic heterocycles. The highest BCUT2D eigenvalue weighted by molar-refractivity contribution is 6.35. The molecule has 0 radical (unpaired) electrons. The number of piperidine rings is 1. The van der Waals surface area contributed by atoms with Crippen LogP contribution in [0.3, 0.4) is 0 Å². The van der Waals surface area contributed by atoms with E-state index in [9.17, 15) is 9.59 Å². The van der Waals surface area contributed by atoms with Gasteiger partial charge in [0.15, 0.2) is 0 Å². The minimum absolute atomic E-state index is 0.117. The van der Waals surface area contributed by atoms with Crippen LogP contribution in [0.1, 0.15) is 51.4 Å². The summed E-state index contributed by atoms with van der Waals surface area (Å²) in [6.07, 6.45) is 8.93. The summed E-state index contributed by atoms with van der Waals surface area (Å²) in [6, 6.07) is 5.12. The molecule has 0 aromatic heterocycles. The third kappa shape index (κ3) is 4.73. The van der Waals surface area contributed by atoms with Crippen LogP contribution in [-0.2, 0) is 9.59 Å². The van der Waals surface area contributed by atoms with E-state index in [-0.39, 0.29) is 17.9 Å². The van der Waals surface area contributed by atoms with Crippen molar-refractivity contribution in [2.75, 3.05) is 25.0 Å². The summed E-state index contributed by atoms with van der Waals surface area (Å²) in [5.74, 6) is 0.736. The van der Waals surface area contributed by atoms with Crippen molar-refractivity contribution < 1.29 is 9.59 Å². The maximum absolute atomic E-state index is 13.1. The number of hydrogen-bond acceptors (Lipinski definition) is 3. The number of fused-ring (bicyclic) bond motifs is 1. The lowest BCUT2D eigenvalue weighted by atomic mass is 9.78. The molecule has 3 fully saturated rings. The van der Waals surface area contributed by atoms with Crippen molar-refractivity contribution in [1.29, 1.82) is 0 Å². The normalized spacial score (nSPS) is 27.5. The molecule has 1 saturated carbocycles. The Morgan fingerprint density at radius 2 is 1.76 bits per heavy atom. The summed E-state index contributed by atoms with van der Waals surface area (Å²) in [6.45, 7) is 1.96. The van der Waals surface area contributed by atoms with Crippen molar-refractivity contribution >= 4 is 40.7 Å². The van der Waals surface area contributed by atoms with Crippen molar-refractivity contribution in [1.82, 2.24) is 9.80 Å². The van der Waals surface area contributed by atoms with Gasteiger partial charge in [-0.15, -0.1) is 0 Å². The summed E-state index contributed by atoms with van der Waals surface area (Å²) < 4.78 is 0. The van der Waals surface area contributed by atoms with Gasteiger partial charge in [0, 0.05) is 17.6 Å². The van der Waals surface area contributed by atoms with Crippen molar-refractivity contribution in [3.63, 3.8) is 0 Å². The number of nitrogens with one attached hydrogen (secondary N) is 1. The molecule has 158 valence electrons. The van der Waals surface area contributed by atoms with Crippen molar-refractivity contribution in [2.45, 2.75) is 63.5 Å². The quantitative estimate of drug-likeness (QED) is 0.749. The summed E-state index contributed by atoms with van der Waals surface area (Å²) in [5, 5.41) is 3.88. The second-order valence-corrected chi connectivity index (χ2v) is 9.43. The maximum atomic E-state index is 13.1. The van der Waals surface area contributed by atoms with E-state index < -0.39 is 0 Å². The zero-order valence-corrected chi connectivity index (χ0v) is 18.2. The minimum atomic E-state index is -0.305. The number of carbonyl (C=O) groups excluding carboxylic acids is 2. The van der Waals surface area contributed by atoms with Crippen LogP contribution in [-0.4, -0.2) is 53.3 Å². The van der Waals surface area contributed by atoms with E-state index in [0.29, 0.717) is 34.2 Å². The van der Waals surface area contributed by atoms with Gasteiger partial charge in [0.05, 0.1) is 23.3 Å². The van der Waals surface area contributed by atoms with Gasteiger partial charge in [-0.05, 0) is 69.2 Å². The number of nitrogens with zero attached hydrogens (tertiary/aromatic N) is 2. The number of rotatable bonds is 4. The molecular formula is C22H29Cl2N3O2. The smallest absolute Gasteiger partial charge is 0.241 e.